The Hall–Kier alpha value is -1.32. The fourth-order valence-corrected chi connectivity index (χ4v) is 2.44. The highest BCUT2D eigenvalue weighted by Crippen LogP contribution is 2.27. The van der Waals surface area contributed by atoms with Gasteiger partial charge in [-0.1, -0.05) is 25.7 Å². The molecule has 4 nitrogen and oxygen atoms in total. The van der Waals surface area contributed by atoms with Gasteiger partial charge in [0.25, 0.3) is 0 Å². The Morgan fingerprint density at radius 2 is 1.88 bits per heavy atom. The highest BCUT2D eigenvalue weighted by atomic mass is 15.1. The molecular weight excluding hydrogens is 212 g/mol. The molecule has 0 atom stereocenters. The van der Waals surface area contributed by atoms with Crippen LogP contribution in [0.15, 0.2) is 12.4 Å². The molecular formula is C13H22N4. The summed E-state index contributed by atoms with van der Waals surface area (Å²) in [5.41, 5.74) is 0. The minimum Gasteiger partial charge on any atom is -0.370 e. The van der Waals surface area contributed by atoms with E-state index in [9.17, 15) is 0 Å². The average molecular weight is 234 g/mol. The van der Waals surface area contributed by atoms with Crippen molar-refractivity contribution in [3.8, 4) is 0 Å². The summed E-state index contributed by atoms with van der Waals surface area (Å²) in [7, 11) is 0. The minimum atomic E-state index is 0.887. The van der Waals surface area contributed by atoms with Gasteiger partial charge in [0, 0.05) is 19.2 Å². The lowest BCUT2D eigenvalue weighted by molar-refractivity contribution is 0.518. The van der Waals surface area contributed by atoms with Gasteiger partial charge >= 0.3 is 0 Å². The molecule has 0 saturated heterocycles. The second kappa shape index (κ2) is 6.42. The third kappa shape index (κ3) is 3.88. The van der Waals surface area contributed by atoms with Gasteiger partial charge in [0.15, 0.2) is 0 Å². The second-order valence-corrected chi connectivity index (χ2v) is 4.68. The van der Waals surface area contributed by atoms with Crippen LogP contribution in [0.2, 0.25) is 0 Å². The van der Waals surface area contributed by atoms with Gasteiger partial charge in [-0.15, -0.1) is 0 Å². The first-order valence-electron chi connectivity index (χ1n) is 6.68. The SMILES string of the molecule is CCNc1cc(NCCC2CCCC2)ncn1. The number of hydrogen-bond donors (Lipinski definition) is 2. The summed E-state index contributed by atoms with van der Waals surface area (Å²) < 4.78 is 0. The van der Waals surface area contributed by atoms with Crippen LogP contribution in [0.5, 0.6) is 0 Å². The summed E-state index contributed by atoms with van der Waals surface area (Å²) in [4.78, 5) is 8.38. The molecule has 4 heteroatoms. The summed E-state index contributed by atoms with van der Waals surface area (Å²) in [5, 5.41) is 6.57. The molecule has 1 saturated carbocycles. The van der Waals surface area contributed by atoms with Gasteiger partial charge < -0.3 is 10.6 Å². The highest BCUT2D eigenvalue weighted by Gasteiger charge is 2.14. The zero-order chi connectivity index (χ0) is 11.9. The molecule has 1 aliphatic carbocycles. The lowest BCUT2D eigenvalue weighted by atomic mass is 10.0. The van der Waals surface area contributed by atoms with Crippen molar-refractivity contribution in [2.24, 2.45) is 5.92 Å². The van der Waals surface area contributed by atoms with Crippen LogP contribution >= 0.6 is 0 Å². The summed E-state index contributed by atoms with van der Waals surface area (Å²) in [6, 6.07) is 1.97. The molecule has 1 heterocycles. The van der Waals surface area contributed by atoms with Crippen molar-refractivity contribution in [2.45, 2.75) is 39.0 Å². The van der Waals surface area contributed by atoms with Gasteiger partial charge in [0.2, 0.25) is 0 Å². The molecule has 1 aromatic rings. The third-order valence-electron chi connectivity index (χ3n) is 3.36. The topological polar surface area (TPSA) is 49.8 Å². The van der Waals surface area contributed by atoms with Crippen LogP contribution in [-0.4, -0.2) is 23.1 Å². The molecule has 0 aromatic carbocycles. The van der Waals surface area contributed by atoms with Crippen LogP contribution in [0.3, 0.4) is 0 Å². The van der Waals surface area contributed by atoms with E-state index in [0.717, 1.165) is 30.6 Å². The van der Waals surface area contributed by atoms with E-state index in [1.165, 1.54) is 32.1 Å². The molecule has 1 aliphatic rings. The van der Waals surface area contributed by atoms with Gasteiger partial charge in [0.05, 0.1) is 0 Å². The van der Waals surface area contributed by atoms with Crippen LogP contribution in [0.25, 0.3) is 0 Å². The summed E-state index contributed by atoms with van der Waals surface area (Å²) in [5.74, 6) is 2.75. The Morgan fingerprint density at radius 1 is 1.18 bits per heavy atom. The monoisotopic (exact) mass is 234 g/mol. The van der Waals surface area contributed by atoms with Gasteiger partial charge in [-0.05, 0) is 19.3 Å². The van der Waals surface area contributed by atoms with E-state index in [0.29, 0.717) is 0 Å². The van der Waals surface area contributed by atoms with Crippen molar-refractivity contribution in [3.05, 3.63) is 12.4 Å². The average Bonchev–Trinajstić information content (AvgIpc) is 2.83. The molecule has 2 rings (SSSR count). The van der Waals surface area contributed by atoms with E-state index in [4.69, 9.17) is 0 Å². The predicted molar refractivity (Wildman–Crippen MR) is 71.3 cm³/mol. The second-order valence-electron chi connectivity index (χ2n) is 4.68. The maximum Gasteiger partial charge on any atom is 0.131 e. The van der Waals surface area contributed by atoms with Crippen molar-refractivity contribution in [1.29, 1.82) is 0 Å². The van der Waals surface area contributed by atoms with Crippen LogP contribution in [-0.2, 0) is 0 Å². The molecule has 0 aliphatic heterocycles. The zero-order valence-corrected chi connectivity index (χ0v) is 10.6. The Morgan fingerprint density at radius 3 is 2.59 bits per heavy atom. The lowest BCUT2D eigenvalue weighted by Crippen LogP contribution is -2.08. The smallest absolute Gasteiger partial charge is 0.131 e. The molecule has 17 heavy (non-hydrogen) atoms. The predicted octanol–water partition coefficient (Wildman–Crippen LogP) is 2.90. The van der Waals surface area contributed by atoms with Crippen molar-refractivity contribution in [3.63, 3.8) is 0 Å². The molecule has 94 valence electrons. The Kier molecular flexibility index (Phi) is 4.59. The molecule has 1 fully saturated rings. The molecule has 0 unspecified atom stereocenters. The van der Waals surface area contributed by atoms with Gasteiger partial charge in [0.1, 0.15) is 18.0 Å². The quantitative estimate of drug-likeness (QED) is 0.794. The molecule has 0 radical (unpaired) electrons. The Bertz CT molecular complexity index is 334. The van der Waals surface area contributed by atoms with E-state index in [1.807, 2.05) is 6.07 Å². The Labute approximate surface area is 103 Å². The first-order valence-corrected chi connectivity index (χ1v) is 6.68. The first kappa shape index (κ1) is 12.1. The molecule has 2 N–H and O–H groups in total. The van der Waals surface area contributed by atoms with Gasteiger partial charge in [-0.2, -0.15) is 0 Å². The van der Waals surface area contributed by atoms with Crippen molar-refractivity contribution < 1.29 is 0 Å². The standard InChI is InChI=1S/C13H22N4/c1-2-14-12-9-13(17-10-16-12)15-8-7-11-5-3-4-6-11/h9-11H,2-8H2,1H3,(H2,14,15,16,17). The summed E-state index contributed by atoms with van der Waals surface area (Å²) in [6.45, 7) is 3.97. The van der Waals surface area contributed by atoms with Crippen LogP contribution in [0.1, 0.15) is 39.0 Å². The number of nitrogens with zero attached hydrogens (tertiary/aromatic N) is 2. The molecule has 0 spiro atoms. The first-order chi connectivity index (χ1) is 8.38. The molecule has 0 bridgehead atoms. The largest absolute Gasteiger partial charge is 0.370 e. The van der Waals surface area contributed by atoms with E-state index >= 15 is 0 Å². The maximum atomic E-state index is 4.22. The normalized spacial score (nSPS) is 16.1. The fourth-order valence-electron chi connectivity index (χ4n) is 2.44. The number of anilines is 2. The zero-order valence-electron chi connectivity index (χ0n) is 10.6. The summed E-state index contributed by atoms with van der Waals surface area (Å²) >= 11 is 0. The van der Waals surface area contributed by atoms with Crippen LogP contribution < -0.4 is 10.6 Å². The number of nitrogens with one attached hydrogen (secondary N) is 2. The molecule has 1 aromatic heterocycles. The number of aromatic nitrogens is 2. The minimum absolute atomic E-state index is 0.887. The van der Waals surface area contributed by atoms with Crippen molar-refractivity contribution in [2.75, 3.05) is 23.7 Å². The molecule has 0 amide bonds. The van der Waals surface area contributed by atoms with E-state index in [2.05, 4.69) is 27.5 Å². The summed E-state index contributed by atoms with van der Waals surface area (Å²) in [6.07, 6.45) is 8.53. The van der Waals surface area contributed by atoms with Crippen LogP contribution in [0, 0.1) is 5.92 Å². The van der Waals surface area contributed by atoms with Crippen molar-refractivity contribution >= 4 is 11.6 Å². The van der Waals surface area contributed by atoms with E-state index < -0.39 is 0 Å². The maximum absolute atomic E-state index is 4.22. The van der Waals surface area contributed by atoms with Crippen LogP contribution in [0.4, 0.5) is 11.6 Å². The number of hydrogen-bond acceptors (Lipinski definition) is 4. The Balaban J connectivity index is 1.75. The van der Waals surface area contributed by atoms with Gasteiger partial charge in [-0.25, -0.2) is 9.97 Å². The highest BCUT2D eigenvalue weighted by molar-refractivity contribution is 5.46. The number of rotatable bonds is 6. The van der Waals surface area contributed by atoms with Gasteiger partial charge in [-0.3, -0.25) is 0 Å². The van der Waals surface area contributed by atoms with E-state index in [1.54, 1.807) is 6.33 Å². The lowest BCUT2D eigenvalue weighted by Gasteiger charge is -2.10. The fraction of sp³-hybridized carbons (Fsp3) is 0.692. The van der Waals surface area contributed by atoms with Crippen molar-refractivity contribution in [1.82, 2.24) is 9.97 Å². The van der Waals surface area contributed by atoms with E-state index in [-0.39, 0.29) is 0 Å². The third-order valence-corrected chi connectivity index (χ3v) is 3.36.